The Morgan fingerprint density at radius 3 is 2.72 bits per heavy atom. The minimum Gasteiger partial charge on any atom is -0.332 e. The van der Waals surface area contributed by atoms with E-state index in [1.54, 1.807) is 10.9 Å². The van der Waals surface area contributed by atoms with Gasteiger partial charge in [0.05, 0.1) is 5.54 Å². The van der Waals surface area contributed by atoms with Gasteiger partial charge in [0.25, 0.3) is 5.89 Å². The van der Waals surface area contributed by atoms with Crippen molar-refractivity contribution in [2.45, 2.75) is 31.2 Å². The summed E-state index contributed by atoms with van der Waals surface area (Å²) in [6, 6.07) is 1.84. The number of aromatic nitrogens is 4. The highest BCUT2D eigenvalue weighted by Crippen LogP contribution is 2.35. The van der Waals surface area contributed by atoms with E-state index < -0.39 is 5.54 Å². The Labute approximate surface area is 111 Å². The van der Waals surface area contributed by atoms with Crippen molar-refractivity contribution in [3.8, 4) is 11.6 Å². The second-order valence-electron chi connectivity index (χ2n) is 4.63. The summed E-state index contributed by atoms with van der Waals surface area (Å²) in [7, 11) is 1.84. The van der Waals surface area contributed by atoms with E-state index in [2.05, 4.69) is 15.2 Å². The van der Waals surface area contributed by atoms with E-state index in [9.17, 15) is 0 Å². The molecule has 0 amide bonds. The second-order valence-corrected chi connectivity index (χ2v) is 4.63. The van der Waals surface area contributed by atoms with E-state index in [-0.39, 0.29) is 12.4 Å². The molecule has 0 bridgehead atoms. The zero-order chi connectivity index (χ0) is 11.9. The van der Waals surface area contributed by atoms with Crippen LogP contribution in [-0.4, -0.2) is 19.9 Å². The third-order valence-corrected chi connectivity index (χ3v) is 3.41. The second kappa shape index (κ2) is 4.70. The fraction of sp³-hybridized carbons (Fsp3) is 0.545. The molecule has 2 aromatic rings. The van der Waals surface area contributed by atoms with Crippen LogP contribution in [0.4, 0.5) is 0 Å². The normalized spacial score (nSPS) is 17.7. The van der Waals surface area contributed by atoms with Gasteiger partial charge in [-0.05, 0) is 18.9 Å². The molecule has 1 fully saturated rings. The van der Waals surface area contributed by atoms with Crippen molar-refractivity contribution in [3.05, 3.63) is 18.1 Å². The highest BCUT2D eigenvalue weighted by atomic mass is 35.5. The molecule has 2 heterocycles. The molecular formula is C11H16ClN5O. The SMILES string of the molecule is Cl.Cn1nccc1-c1nc(C2(N)CCCC2)no1. The van der Waals surface area contributed by atoms with Gasteiger partial charge in [-0.2, -0.15) is 10.1 Å². The van der Waals surface area contributed by atoms with Crippen LogP contribution in [0, 0.1) is 0 Å². The molecule has 2 aromatic heterocycles. The van der Waals surface area contributed by atoms with Crippen molar-refractivity contribution >= 4 is 12.4 Å². The Bertz CT molecular complexity index is 529. The molecule has 0 radical (unpaired) electrons. The maximum atomic E-state index is 6.28. The van der Waals surface area contributed by atoms with Crippen LogP contribution in [0.25, 0.3) is 11.6 Å². The van der Waals surface area contributed by atoms with Gasteiger partial charge < -0.3 is 10.3 Å². The van der Waals surface area contributed by atoms with E-state index in [1.807, 2.05) is 13.1 Å². The van der Waals surface area contributed by atoms with Crippen LogP contribution in [0.1, 0.15) is 31.5 Å². The molecule has 0 atom stereocenters. The number of aryl methyl sites for hydroxylation is 1. The first-order valence-corrected chi connectivity index (χ1v) is 5.80. The molecular weight excluding hydrogens is 254 g/mol. The molecule has 0 unspecified atom stereocenters. The lowest BCUT2D eigenvalue weighted by Gasteiger charge is -2.17. The quantitative estimate of drug-likeness (QED) is 0.896. The largest absolute Gasteiger partial charge is 0.332 e. The molecule has 1 aliphatic carbocycles. The van der Waals surface area contributed by atoms with Gasteiger partial charge in [0.2, 0.25) is 0 Å². The summed E-state index contributed by atoms with van der Waals surface area (Å²) < 4.78 is 6.97. The van der Waals surface area contributed by atoms with E-state index in [0.29, 0.717) is 11.7 Å². The summed E-state index contributed by atoms with van der Waals surface area (Å²) in [5.41, 5.74) is 6.69. The summed E-state index contributed by atoms with van der Waals surface area (Å²) in [6.45, 7) is 0. The van der Waals surface area contributed by atoms with Gasteiger partial charge in [0.15, 0.2) is 5.82 Å². The number of hydrogen-bond acceptors (Lipinski definition) is 5. The van der Waals surface area contributed by atoms with Crippen LogP contribution in [0.5, 0.6) is 0 Å². The average molecular weight is 270 g/mol. The van der Waals surface area contributed by atoms with Crippen LogP contribution < -0.4 is 5.73 Å². The highest BCUT2D eigenvalue weighted by molar-refractivity contribution is 5.85. The zero-order valence-electron chi connectivity index (χ0n) is 10.2. The Balaban J connectivity index is 0.00000120. The summed E-state index contributed by atoms with van der Waals surface area (Å²) in [5, 5.41) is 8.09. The van der Waals surface area contributed by atoms with Crippen molar-refractivity contribution in [2.75, 3.05) is 0 Å². The van der Waals surface area contributed by atoms with Crippen LogP contribution in [-0.2, 0) is 12.6 Å². The molecule has 18 heavy (non-hydrogen) atoms. The van der Waals surface area contributed by atoms with Crippen LogP contribution >= 0.6 is 12.4 Å². The summed E-state index contributed by atoms with van der Waals surface area (Å²) >= 11 is 0. The minimum absolute atomic E-state index is 0. The zero-order valence-corrected chi connectivity index (χ0v) is 11.0. The number of halogens is 1. The predicted molar refractivity (Wildman–Crippen MR) is 68.1 cm³/mol. The third-order valence-electron chi connectivity index (χ3n) is 3.41. The van der Waals surface area contributed by atoms with Crippen LogP contribution in [0.2, 0.25) is 0 Å². The van der Waals surface area contributed by atoms with Gasteiger partial charge in [0.1, 0.15) is 5.69 Å². The Kier molecular flexibility index (Phi) is 3.41. The summed E-state index contributed by atoms with van der Waals surface area (Å²) in [6.07, 6.45) is 5.82. The number of nitrogens with zero attached hydrogens (tertiary/aromatic N) is 4. The first-order chi connectivity index (χ1) is 8.19. The van der Waals surface area contributed by atoms with E-state index in [1.165, 1.54) is 0 Å². The summed E-state index contributed by atoms with van der Waals surface area (Å²) in [5.74, 6) is 1.10. The third kappa shape index (κ3) is 2.02. The molecule has 0 saturated heterocycles. The summed E-state index contributed by atoms with van der Waals surface area (Å²) in [4.78, 5) is 4.40. The number of nitrogens with two attached hydrogens (primary N) is 1. The molecule has 0 aromatic carbocycles. The molecule has 98 valence electrons. The molecule has 7 heteroatoms. The smallest absolute Gasteiger partial charge is 0.276 e. The first kappa shape index (κ1) is 13.0. The van der Waals surface area contributed by atoms with Crippen molar-refractivity contribution in [2.24, 2.45) is 12.8 Å². The lowest BCUT2D eigenvalue weighted by Crippen LogP contribution is -2.34. The average Bonchev–Trinajstić information content (AvgIpc) is 2.97. The monoisotopic (exact) mass is 269 g/mol. The van der Waals surface area contributed by atoms with Crippen molar-refractivity contribution in [1.82, 2.24) is 19.9 Å². The molecule has 1 saturated carbocycles. The predicted octanol–water partition coefficient (Wildman–Crippen LogP) is 1.62. The van der Waals surface area contributed by atoms with Crippen molar-refractivity contribution in [1.29, 1.82) is 0 Å². The first-order valence-electron chi connectivity index (χ1n) is 5.80. The van der Waals surface area contributed by atoms with Gasteiger partial charge >= 0.3 is 0 Å². The Morgan fingerprint density at radius 1 is 1.39 bits per heavy atom. The minimum atomic E-state index is -0.402. The Morgan fingerprint density at radius 2 is 2.11 bits per heavy atom. The highest BCUT2D eigenvalue weighted by Gasteiger charge is 2.36. The van der Waals surface area contributed by atoms with Crippen LogP contribution in [0.15, 0.2) is 16.8 Å². The van der Waals surface area contributed by atoms with Gasteiger partial charge in [0, 0.05) is 13.2 Å². The number of hydrogen-bond donors (Lipinski definition) is 1. The molecule has 2 N–H and O–H groups in total. The molecule has 6 nitrogen and oxygen atoms in total. The lowest BCUT2D eigenvalue weighted by atomic mass is 9.99. The van der Waals surface area contributed by atoms with Gasteiger partial charge in [-0.25, -0.2) is 0 Å². The molecule has 1 aliphatic rings. The maximum absolute atomic E-state index is 6.28. The van der Waals surface area contributed by atoms with E-state index in [0.717, 1.165) is 31.4 Å². The lowest BCUT2D eigenvalue weighted by molar-refractivity contribution is 0.371. The fourth-order valence-electron chi connectivity index (χ4n) is 2.34. The van der Waals surface area contributed by atoms with Crippen LogP contribution in [0.3, 0.4) is 0 Å². The topological polar surface area (TPSA) is 82.8 Å². The molecule has 0 aliphatic heterocycles. The van der Waals surface area contributed by atoms with E-state index in [4.69, 9.17) is 10.3 Å². The standard InChI is InChI=1S/C11H15N5O.ClH/c1-16-8(4-7-13-16)9-14-10(15-17-9)11(12)5-2-3-6-11;/h4,7H,2-3,5-6,12H2,1H3;1H. The fourth-order valence-corrected chi connectivity index (χ4v) is 2.34. The molecule has 0 spiro atoms. The maximum Gasteiger partial charge on any atom is 0.276 e. The van der Waals surface area contributed by atoms with Gasteiger partial charge in [-0.15, -0.1) is 12.4 Å². The van der Waals surface area contributed by atoms with Crippen molar-refractivity contribution < 1.29 is 4.52 Å². The number of rotatable bonds is 2. The van der Waals surface area contributed by atoms with Gasteiger partial charge in [-0.1, -0.05) is 18.0 Å². The van der Waals surface area contributed by atoms with Gasteiger partial charge in [-0.3, -0.25) is 4.68 Å². The van der Waals surface area contributed by atoms with Crippen molar-refractivity contribution in [3.63, 3.8) is 0 Å². The Hall–Kier alpha value is -1.40. The molecule has 3 rings (SSSR count). The van der Waals surface area contributed by atoms with E-state index >= 15 is 0 Å².